The molecule has 1 unspecified atom stereocenters. The number of hydrogen-bond donors (Lipinski definition) is 2. The van der Waals surface area contributed by atoms with Gasteiger partial charge >= 0.3 is 12.2 Å². The second kappa shape index (κ2) is 7.16. The number of imidazole rings is 1. The predicted molar refractivity (Wildman–Crippen MR) is 110 cm³/mol. The number of urea groups is 1. The van der Waals surface area contributed by atoms with Crippen LogP contribution in [0.15, 0.2) is 54.9 Å². The number of rotatable bonds is 3. The summed E-state index contributed by atoms with van der Waals surface area (Å²) in [5.74, 6) is -1.44. The van der Waals surface area contributed by atoms with Crippen LogP contribution in [0.3, 0.4) is 0 Å². The minimum Gasteiger partial charge on any atom is -0.345 e. The maximum absolute atomic E-state index is 14.9. The first kappa shape index (κ1) is 20.2. The quantitative estimate of drug-likeness (QED) is 0.324. The van der Waals surface area contributed by atoms with Crippen molar-refractivity contribution >= 4 is 40.0 Å². The van der Waals surface area contributed by atoms with Gasteiger partial charge in [0.1, 0.15) is 16.7 Å². The van der Waals surface area contributed by atoms with Crippen LogP contribution in [0.2, 0.25) is 0 Å². The van der Waals surface area contributed by atoms with Gasteiger partial charge in [-0.15, -0.1) is 11.3 Å². The van der Waals surface area contributed by atoms with Crippen molar-refractivity contribution in [3.8, 4) is 10.4 Å². The molecule has 1 fully saturated rings. The summed E-state index contributed by atoms with van der Waals surface area (Å²) in [4.78, 5) is 32.5. The van der Waals surface area contributed by atoms with Gasteiger partial charge in [-0.05, 0) is 42.0 Å². The van der Waals surface area contributed by atoms with Gasteiger partial charge in [0.05, 0.1) is 17.4 Å². The maximum atomic E-state index is 14.9. The lowest BCUT2D eigenvalue weighted by molar-refractivity contribution is -0.134. The zero-order valence-corrected chi connectivity index (χ0v) is 16.7. The first-order valence-corrected chi connectivity index (χ1v) is 10.1. The number of benzene rings is 2. The Hall–Kier alpha value is -3.73. The van der Waals surface area contributed by atoms with E-state index in [0.29, 0.717) is 22.5 Å². The summed E-state index contributed by atoms with van der Waals surface area (Å²) in [5.41, 5.74) is 1.86. The highest BCUT2D eigenvalue weighted by molar-refractivity contribution is 7.15. The first-order chi connectivity index (χ1) is 15.2. The van der Waals surface area contributed by atoms with Crippen molar-refractivity contribution in [1.29, 1.82) is 0 Å². The van der Waals surface area contributed by atoms with Crippen molar-refractivity contribution in [2.75, 3.05) is 4.90 Å². The van der Waals surface area contributed by atoms with Gasteiger partial charge in [-0.25, -0.2) is 14.2 Å². The molecule has 2 aromatic carbocycles. The van der Waals surface area contributed by atoms with E-state index >= 15 is 0 Å². The molecule has 0 spiro atoms. The number of nitrogens with zero attached hydrogens (tertiary/aromatic N) is 2. The van der Waals surface area contributed by atoms with Gasteiger partial charge in [-0.1, -0.05) is 12.1 Å². The van der Waals surface area contributed by atoms with E-state index < -0.39 is 34.9 Å². The van der Waals surface area contributed by atoms with Gasteiger partial charge in [0.25, 0.3) is 5.91 Å². The molecule has 4 aromatic rings. The number of aromatic amines is 1. The number of nitrogens with one attached hydrogen (secondary N) is 2. The maximum Gasteiger partial charge on any atom is 0.425 e. The van der Waals surface area contributed by atoms with Gasteiger partial charge in [-0.2, -0.15) is 13.2 Å². The second-order valence-corrected chi connectivity index (χ2v) is 8.16. The number of carbonyl (C=O) groups excluding carboxylic acids is 2. The molecule has 3 amide bonds. The molecule has 162 valence electrons. The van der Waals surface area contributed by atoms with Gasteiger partial charge in [0.2, 0.25) is 0 Å². The Kier molecular flexibility index (Phi) is 4.52. The lowest BCUT2D eigenvalue weighted by Crippen LogP contribution is -2.29. The molecule has 1 saturated heterocycles. The smallest absolute Gasteiger partial charge is 0.345 e. The van der Waals surface area contributed by atoms with Crippen LogP contribution in [0.25, 0.3) is 21.5 Å². The zero-order chi connectivity index (χ0) is 22.6. The van der Waals surface area contributed by atoms with Crippen LogP contribution in [0.1, 0.15) is 16.5 Å². The van der Waals surface area contributed by atoms with Crippen molar-refractivity contribution in [2.45, 2.75) is 12.2 Å². The van der Waals surface area contributed by atoms with Gasteiger partial charge < -0.3 is 4.98 Å². The molecule has 0 saturated carbocycles. The fourth-order valence-electron chi connectivity index (χ4n) is 3.64. The van der Waals surface area contributed by atoms with Crippen LogP contribution >= 0.6 is 11.3 Å². The molecule has 1 atom stereocenters. The number of amides is 3. The minimum absolute atomic E-state index is 0.0246. The summed E-state index contributed by atoms with van der Waals surface area (Å²) >= 11 is 0.427. The molecule has 1 aliphatic heterocycles. The topological polar surface area (TPSA) is 78.1 Å². The van der Waals surface area contributed by atoms with E-state index in [1.165, 1.54) is 29.4 Å². The van der Waals surface area contributed by atoms with Crippen LogP contribution in [0, 0.1) is 5.82 Å². The van der Waals surface area contributed by atoms with Crippen LogP contribution < -0.4 is 10.2 Å². The molecule has 3 heterocycles. The number of alkyl halides is 3. The minimum atomic E-state index is -4.52. The van der Waals surface area contributed by atoms with Crippen LogP contribution in [-0.2, 0) is 11.0 Å². The summed E-state index contributed by atoms with van der Waals surface area (Å²) < 4.78 is 53.5. The largest absolute Gasteiger partial charge is 0.425 e. The number of anilines is 1. The van der Waals surface area contributed by atoms with Gasteiger partial charge in [-0.3, -0.25) is 15.0 Å². The second-order valence-electron chi connectivity index (χ2n) is 7.07. The van der Waals surface area contributed by atoms with E-state index in [4.69, 9.17) is 0 Å². The number of imide groups is 1. The average Bonchev–Trinajstić information content (AvgIpc) is 3.45. The lowest BCUT2D eigenvalue weighted by Gasteiger charge is -2.22. The van der Waals surface area contributed by atoms with Gasteiger partial charge in [0.15, 0.2) is 0 Å². The number of aromatic nitrogens is 2. The third-order valence-electron chi connectivity index (χ3n) is 5.10. The normalized spacial score (nSPS) is 16.8. The van der Waals surface area contributed by atoms with Crippen molar-refractivity contribution in [1.82, 2.24) is 15.3 Å². The summed E-state index contributed by atoms with van der Waals surface area (Å²) in [6, 6.07) is 9.01. The summed E-state index contributed by atoms with van der Waals surface area (Å²) in [7, 11) is 0. The highest BCUT2D eigenvalue weighted by atomic mass is 32.1. The van der Waals surface area contributed by atoms with E-state index in [0.717, 1.165) is 17.6 Å². The Morgan fingerprint density at radius 2 is 1.84 bits per heavy atom. The van der Waals surface area contributed by atoms with Gasteiger partial charge in [0, 0.05) is 16.1 Å². The van der Waals surface area contributed by atoms with E-state index in [9.17, 15) is 27.2 Å². The molecule has 0 radical (unpaired) electrons. The lowest BCUT2D eigenvalue weighted by atomic mass is 10.0. The molecule has 2 N–H and O–H groups in total. The number of halogens is 4. The van der Waals surface area contributed by atoms with Crippen molar-refractivity contribution in [2.24, 2.45) is 0 Å². The zero-order valence-electron chi connectivity index (χ0n) is 15.9. The molecule has 6 nitrogen and oxygen atoms in total. The Bertz CT molecular complexity index is 1380. The van der Waals surface area contributed by atoms with E-state index in [1.54, 1.807) is 18.2 Å². The molecule has 11 heteroatoms. The highest BCUT2D eigenvalue weighted by Crippen LogP contribution is 2.40. The van der Waals surface area contributed by atoms with E-state index in [2.05, 4.69) is 15.3 Å². The number of fused-ring (bicyclic) bond motifs is 1. The van der Waals surface area contributed by atoms with Crippen molar-refractivity contribution in [3.63, 3.8) is 0 Å². The first-order valence-electron chi connectivity index (χ1n) is 9.26. The SMILES string of the molecule is O=C1NC(=O)N(c2ccc3[nH]cnc3c2)C1c1ccc(-c2ccc(C(F)(F)F)s2)c(F)c1. The van der Waals surface area contributed by atoms with Crippen LogP contribution in [-0.4, -0.2) is 21.9 Å². The number of thiophene rings is 1. The van der Waals surface area contributed by atoms with E-state index in [-0.39, 0.29) is 16.0 Å². The molecule has 5 rings (SSSR count). The Balaban J connectivity index is 1.52. The summed E-state index contributed by atoms with van der Waals surface area (Å²) in [6.07, 6.45) is -3.03. The number of hydrogen-bond acceptors (Lipinski definition) is 4. The number of H-pyrrole nitrogens is 1. The average molecular weight is 460 g/mol. The summed E-state index contributed by atoms with van der Waals surface area (Å²) in [6.45, 7) is 0. The predicted octanol–water partition coefficient (Wildman–Crippen LogP) is 5.25. The molecular weight excluding hydrogens is 448 g/mol. The van der Waals surface area contributed by atoms with Crippen molar-refractivity contribution in [3.05, 3.63) is 71.1 Å². The monoisotopic (exact) mass is 460 g/mol. The van der Waals surface area contributed by atoms with E-state index in [1.807, 2.05) is 0 Å². The number of carbonyl (C=O) groups is 2. The molecular formula is C21H12F4N4O2S. The third-order valence-corrected chi connectivity index (χ3v) is 6.26. The molecule has 0 aliphatic carbocycles. The fraction of sp³-hybridized carbons (Fsp3) is 0.0952. The Morgan fingerprint density at radius 3 is 2.56 bits per heavy atom. The molecule has 2 aromatic heterocycles. The molecule has 32 heavy (non-hydrogen) atoms. The van der Waals surface area contributed by atoms with Crippen LogP contribution in [0.4, 0.5) is 28.0 Å². The van der Waals surface area contributed by atoms with Crippen molar-refractivity contribution < 1.29 is 27.2 Å². The fourth-order valence-corrected chi connectivity index (χ4v) is 4.54. The Labute approximate surface area is 181 Å². The highest BCUT2D eigenvalue weighted by Gasteiger charge is 2.41. The van der Waals surface area contributed by atoms with Crippen LogP contribution in [0.5, 0.6) is 0 Å². The molecule has 1 aliphatic rings. The summed E-state index contributed by atoms with van der Waals surface area (Å²) in [5, 5.41) is 2.22. The Morgan fingerprint density at radius 1 is 1.03 bits per heavy atom. The third kappa shape index (κ3) is 3.30. The molecule has 0 bridgehead atoms. The standard InChI is InChI=1S/C21H12F4N4O2S/c22-13-7-10(1-3-12(13)16-5-6-17(32-16)21(23,24)25)18-19(30)28-20(31)29(18)11-2-4-14-15(8-11)27-9-26-14/h1-9,18H,(H,26,27)(H,28,30,31).